The minimum atomic E-state index is -1.45. The fourth-order valence-electron chi connectivity index (χ4n) is 0.994. The second-order valence-corrected chi connectivity index (χ2v) is 9.26. The van der Waals surface area contributed by atoms with Crippen LogP contribution in [0.2, 0.25) is 19.6 Å². The van der Waals surface area contributed by atoms with Crippen molar-refractivity contribution in [1.29, 1.82) is 0 Å². The Balaban J connectivity index is 2.70. The van der Waals surface area contributed by atoms with Crippen molar-refractivity contribution in [2.45, 2.75) is 25.2 Å². The van der Waals surface area contributed by atoms with E-state index in [2.05, 4.69) is 36.4 Å². The summed E-state index contributed by atoms with van der Waals surface area (Å²) >= 11 is 0. The Bertz CT molecular complexity index is 293. The van der Waals surface area contributed by atoms with Crippen LogP contribution in [0.5, 0.6) is 0 Å². The SMILES string of the molecule is C[Si](C)(C)C#CC1(NC(=O)O)COC1. The number of amides is 1. The van der Waals surface area contributed by atoms with Gasteiger partial charge in [0, 0.05) is 0 Å². The van der Waals surface area contributed by atoms with E-state index in [-0.39, 0.29) is 0 Å². The zero-order valence-corrected chi connectivity index (χ0v) is 9.68. The molecule has 78 valence electrons. The van der Waals surface area contributed by atoms with Crippen LogP contribution in [0, 0.1) is 11.5 Å². The third-order valence-corrected chi connectivity index (χ3v) is 2.59. The molecule has 0 aliphatic carbocycles. The molecular weight excluding hydrogens is 198 g/mol. The molecule has 0 bridgehead atoms. The number of hydrogen-bond donors (Lipinski definition) is 2. The summed E-state index contributed by atoms with van der Waals surface area (Å²) < 4.78 is 4.99. The van der Waals surface area contributed by atoms with Gasteiger partial charge in [0.25, 0.3) is 0 Å². The molecule has 0 aromatic heterocycles. The van der Waals surface area contributed by atoms with E-state index in [1.807, 2.05) is 0 Å². The lowest BCUT2D eigenvalue weighted by atomic mass is 9.99. The smallest absolute Gasteiger partial charge is 0.406 e. The van der Waals surface area contributed by atoms with Crippen LogP contribution in [0.3, 0.4) is 0 Å². The average molecular weight is 213 g/mol. The standard InChI is InChI=1S/C9H15NO3Si/c1-14(2,3)5-4-9(6-13-7-9)10-8(11)12/h10H,6-7H2,1-3H3,(H,11,12). The average Bonchev–Trinajstić information content (AvgIpc) is 1.92. The first-order valence-electron chi connectivity index (χ1n) is 4.46. The molecule has 5 heteroatoms. The van der Waals surface area contributed by atoms with E-state index < -0.39 is 19.7 Å². The molecular formula is C9H15NO3Si. The Morgan fingerprint density at radius 2 is 2.07 bits per heavy atom. The summed E-state index contributed by atoms with van der Waals surface area (Å²) in [7, 11) is -1.45. The van der Waals surface area contributed by atoms with E-state index in [1.54, 1.807) is 0 Å². The van der Waals surface area contributed by atoms with E-state index in [0.717, 1.165) is 0 Å². The van der Waals surface area contributed by atoms with Gasteiger partial charge in [0.2, 0.25) is 0 Å². The Hall–Kier alpha value is -0.993. The lowest BCUT2D eigenvalue weighted by molar-refractivity contribution is -0.0392. The lowest BCUT2D eigenvalue weighted by Crippen LogP contribution is -2.61. The van der Waals surface area contributed by atoms with Crippen LogP contribution < -0.4 is 5.32 Å². The molecule has 1 amide bonds. The van der Waals surface area contributed by atoms with E-state index in [4.69, 9.17) is 9.84 Å². The van der Waals surface area contributed by atoms with Gasteiger partial charge in [-0.2, -0.15) is 0 Å². The second kappa shape index (κ2) is 3.63. The predicted octanol–water partition coefficient (Wildman–Crippen LogP) is 0.904. The number of carbonyl (C=O) groups is 1. The van der Waals surface area contributed by atoms with Crippen molar-refractivity contribution in [3.8, 4) is 11.5 Å². The van der Waals surface area contributed by atoms with E-state index in [0.29, 0.717) is 13.2 Å². The molecule has 1 fully saturated rings. The molecule has 0 saturated carbocycles. The van der Waals surface area contributed by atoms with Gasteiger partial charge in [-0.25, -0.2) is 4.79 Å². The molecule has 1 rings (SSSR count). The van der Waals surface area contributed by atoms with Gasteiger partial charge in [-0.3, -0.25) is 0 Å². The van der Waals surface area contributed by atoms with Crippen LogP contribution in [0.25, 0.3) is 0 Å². The third-order valence-electron chi connectivity index (χ3n) is 1.72. The fourth-order valence-corrected chi connectivity index (χ4v) is 1.61. The van der Waals surface area contributed by atoms with Crippen molar-refractivity contribution in [3.05, 3.63) is 0 Å². The fraction of sp³-hybridized carbons (Fsp3) is 0.667. The van der Waals surface area contributed by atoms with Gasteiger partial charge in [-0.05, 0) is 0 Å². The van der Waals surface area contributed by atoms with Gasteiger partial charge in [-0.15, -0.1) is 5.54 Å². The first-order chi connectivity index (χ1) is 6.33. The maximum absolute atomic E-state index is 10.5. The summed E-state index contributed by atoms with van der Waals surface area (Å²) in [5.74, 6) is 3.00. The molecule has 1 saturated heterocycles. The van der Waals surface area contributed by atoms with E-state index in [1.165, 1.54) is 0 Å². The molecule has 0 spiro atoms. The highest BCUT2D eigenvalue weighted by Crippen LogP contribution is 2.16. The Morgan fingerprint density at radius 3 is 2.36 bits per heavy atom. The van der Waals surface area contributed by atoms with Crippen molar-refractivity contribution >= 4 is 14.2 Å². The molecule has 0 atom stereocenters. The van der Waals surface area contributed by atoms with Crippen LogP contribution in [0.4, 0.5) is 4.79 Å². The van der Waals surface area contributed by atoms with Crippen molar-refractivity contribution in [2.24, 2.45) is 0 Å². The summed E-state index contributed by atoms with van der Waals surface area (Å²) in [5.41, 5.74) is 2.51. The number of ether oxygens (including phenoxy) is 1. The molecule has 1 aliphatic rings. The number of hydrogen-bond acceptors (Lipinski definition) is 2. The molecule has 2 N–H and O–H groups in total. The second-order valence-electron chi connectivity index (χ2n) is 4.51. The molecule has 1 heterocycles. The Morgan fingerprint density at radius 1 is 1.50 bits per heavy atom. The van der Waals surface area contributed by atoms with E-state index >= 15 is 0 Å². The highest BCUT2D eigenvalue weighted by molar-refractivity contribution is 6.83. The highest BCUT2D eigenvalue weighted by Gasteiger charge is 2.38. The van der Waals surface area contributed by atoms with Crippen LogP contribution in [-0.2, 0) is 4.74 Å². The van der Waals surface area contributed by atoms with Crippen LogP contribution in [0.15, 0.2) is 0 Å². The predicted molar refractivity (Wildman–Crippen MR) is 55.8 cm³/mol. The topological polar surface area (TPSA) is 58.6 Å². The number of nitrogens with one attached hydrogen (secondary N) is 1. The summed E-state index contributed by atoms with van der Waals surface area (Å²) in [6, 6.07) is 0. The minimum Gasteiger partial charge on any atom is -0.465 e. The largest absolute Gasteiger partial charge is 0.465 e. The summed E-state index contributed by atoms with van der Waals surface area (Å²) in [5, 5.41) is 11.0. The van der Waals surface area contributed by atoms with Crippen LogP contribution >= 0.6 is 0 Å². The molecule has 14 heavy (non-hydrogen) atoms. The van der Waals surface area contributed by atoms with Gasteiger partial charge in [0.05, 0.1) is 13.2 Å². The molecule has 0 aromatic rings. The highest BCUT2D eigenvalue weighted by atomic mass is 28.3. The molecule has 0 unspecified atom stereocenters. The maximum atomic E-state index is 10.5. The van der Waals surface area contributed by atoms with Gasteiger partial charge in [0.15, 0.2) is 5.54 Å². The monoisotopic (exact) mass is 213 g/mol. The Labute approximate surface area is 84.7 Å². The summed E-state index contributed by atoms with van der Waals surface area (Å²) in [4.78, 5) is 10.5. The van der Waals surface area contributed by atoms with Crippen LogP contribution in [-0.4, -0.2) is 38.0 Å². The normalized spacial score (nSPS) is 18.8. The molecule has 1 aliphatic heterocycles. The van der Waals surface area contributed by atoms with Gasteiger partial charge >= 0.3 is 6.09 Å². The minimum absolute atomic E-state index is 0.358. The molecule has 4 nitrogen and oxygen atoms in total. The van der Waals surface area contributed by atoms with Gasteiger partial charge < -0.3 is 15.2 Å². The molecule has 0 aromatic carbocycles. The zero-order valence-electron chi connectivity index (χ0n) is 8.68. The first kappa shape index (κ1) is 11.1. The van der Waals surface area contributed by atoms with Crippen LogP contribution in [0.1, 0.15) is 0 Å². The lowest BCUT2D eigenvalue weighted by Gasteiger charge is -2.36. The van der Waals surface area contributed by atoms with E-state index in [9.17, 15) is 4.79 Å². The van der Waals surface area contributed by atoms with Crippen molar-refractivity contribution in [1.82, 2.24) is 5.32 Å². The number of rotatable bonds is 1. The van der Waals surface area contributed by atoms with Crippen molar-refractivity contribution < 1.29 is 14.6 Å². The van der Waals surface area contributed by atoms with Gasteiger partial charge in [0.1, 0.15) is 8.07 Å². The first-order valence-corrected chi connectivity index (χ1v) is 7.96. The quantitative estimate of drug-likeness (QED) is 0.502. The van der Waals surface area contributed by atoms with Gasteiger partial charge in [-0.1, -0.05) is 25.6 Å². The maximum Gasteiger partial charge on any atom is 0.406 e. The zero-order chi connectivity index (χ0) is 10.8. The summed E-state index contributed by atoms with van der Waals surface area (Å²) in [6.45, 7) is 7.07. The Kier molecular flexibility index (Phi) is 2.88. The third kappa shape index (κ3) is 3.05. The van der Waals surface area contributed by atoms with Crippen molar-refractivity contribution in [2.75, 3.05) is 13.2 Å². The molecule has 0 radical (unpaired) electrons. The summed E-state index contributed by atoms with van der Waals surface area (Å²) in [6.07, 6.45) is -1.04. The van der Waals surface area contributed by atoms with Crippen molar-refractivity contribution in [3.63, 3.8) is 0 Å². The number of carboxylic acid groups (broad SMARTS) is 1.